The Labute approximate surface area is 159 Å². The van der Waals surface area contributed by atoms with E-state index >= 15 is 0 Å². The van der Waals surface area contributed by atoms with Gasteiger partial charge in [0.25, 0.3) is 0 Å². The number of aromatic nitrogens is 1. The van der Waals surface area contributed by atoms with Crippen molar-refractivity contribution in [2.24, 2.45) is 11.8 Å². The van der Waals surface area contributed by atoms with Gasteiger partial charge in [0.2, 0.25) is 0 Å². The average Bonchev–Trinajstić information content (AvgIpc) is 3.33. The van der Waals surface area contributed by atoms with Crippen LogP contribution in [0.5, 0.6) is 0 Å². The molecule has 1 aromatic carbocycles. The summed E-state index contributed by atoms with van der Waals surface area (Å²) in [6, 6.07) is 4.15. The maximum Gasteiger partial charge on any atom is 0.183 e. The lowest BCUT2D eigenvalue weighted by Gasteiger charge is -2.53. The zero-order chi connectivity index (χ0) is 18.1. The molecule has 1 aromatic heterocycles. The van der Waals surface area contributed by atoms with Crippen molar-refractivity contribution in [2.45, 2.75) is 51.5 Å². The number of ketones is 1. The predicted octanol–water partition coefficient (Wildman–Crippen LogP) is 4.30. The normalized spacial score (nSPS) is 31.3. The number of benzene rings is 1. The SMILES string of the molecule is CCNc1nc2ccc3c(c2s1)[C@]1(C)CCN(CC2CC2)[C@H](C3=O)[C@@H]1C. The largest absolute Gasteiger partial charge is 0.362 e. The molecule has 2 fully saturated rings. The van der Waals surface area contributed by atoms with Crippen LogP contribution in [0.15, 0.2) is 12.1 Å². The number of carbonyl (C=O) groups is 1. The summed E-state index contributed by atoms with van der Waals surface area (Å²) < 4.78 is 1.22. The van der Waals surface area contributed by atoms with Gasteiger partial charge in [-0.1, -0.05) is 25.2 Å². The number of piperidine rings is 1. The first-order chi connectivity index (χ1) is 12.5. The molecule has 0 amide bonds. The molecule has 2 aromatic rings. The maximum absolute atomic E-state index is 13.5. The molecule has 0 radical (unpaired) electrons. The molecule has 1 aliphatic heterocycles. The number of nitrogens with zero attached hydrogens (tertiary/aromatic N) is 2. The van der Waals surface area contributed by atoms with Gasteiger partial charge in [-0.2, -0.15) is 0 Å². The zero-order valence-corrected chi connectivity index (χ0v) is 16.7. The molecule has 2 aliphatic carbocycles. The summed E-state index contributed by atoms with van der Waals surface area (Å²) in [7, 11) is 0. The van der Waals surface area contributed by atoms with Crippen molar-refractivity contribution in [3.63, 3.8) is 0 Å². The maximum atomic E-state index is 13.5. The Balaban J connectivity index is 1.65. The number of Topliss-reactive ketones (excluding diaryl/α,β-unsaturated/α-hetero) is 1. The molecule has 1 saturated heterocycles. The molecule has 4 nitrogen and oxygen atoms in total. The summed E-state index contributed by atoms with van der Waals surface area (Å²) in [5.41, 5.74) is 3.32. The number of anilines is 1. The van der Waals surface area contributed by atoms with E-state index in [2.05, 4.69) is 31.0 Å². The minimum Gasteiger partial charge on any atom is -0.362 e. The molecule has 0 unspecified atom stereocenters. The first-order valence-corrected chi connectivity index (χ1v) is 10.8. The molecule has 138 valence electrons. The monoisotopic (exact) mass is 369 g/mol. The van der Waals surface area contributed by atoms with E-state index in [-0.39, 0.29) is 11.5 Å². The topological polar surface area (TPSA) is 45.2 Å². The van der Waals surface area contributed by atoms with E-state index in [1.807, 2.05) is 12.1 Å². The summed E-state index contributed by atoms with van der Waals surface area (Å²) in [6.07, 6.45) is 3.81. The van der Waals surface area contributed by atoms with E-state index in [1.54, 1.807) is 11.3 Å². The van der Waals surface area contributed by atoms with Crippen LogP contribution < -0.4 is 5.32 Å². The van der Waals surface area contributed by atoms with Crippen LogP contribution in [-0.4, -0.2) is 41.3 Å². The van der Waals surface area contributed by atoms with Crippen molar-refractivity contribution in [3.8, 4) is 0 Å². The van der Waals surface area contributed by atoms with Crippen molar-refractivity contribution in [1.82, 2.24) is 9.88 Å². The average molecular weight is 370 g/mol. The van der Waals surface area contributed by atoms with Gasteiger partial charge in [0.15, 0.2) is 10.9 Å². The molecule has 1 saturated carbocycles. The zero-order valence-electron chi connectivity index (χ0n) is 15.8. The molecule has 3 aliphatic rings. The molecular formula is C21H27N3OS. The predicted molar refractivity (Wildman–Crippen MR) is 107 cm³/mol. The summed E-state index contributed by atoms with van der Waals surface area (Å²) in [6.45, 7) is 9.80. The third kappa shape index (κ3) is 2.29. The van der Waals surface area contributed by atoms with Crippen molar-refractivity contribution < 1.29 is 4.79 Å². The molecule has 5 rings (SSSR count). The van der Waals surface area contributed by atoms with Gasteiger partial charge in [0, 0.05) is 24.1 Å². The molecule has 1 N–H and O–H groups in total. The summed E-state index contributed by atoms with van der Waals surface area (Å²) >= 11 is 1.72. The minimum atomic E-state index is 0.0560. The van der Waals surface area contributed by atoms with Crippen molar-refractivity contribution in [2.75, 3.05) is 25.0 Å². The van der Waals surface area contributed by atoms with Crippen LogP contribution in [0.4, 0.5) is 5.13 Å². The first kappa shape index (κ1) is 16.7. The minimum absolute atomic E-state index is 0.0560. The van der Waals surface area contributed by atoms with Gasteiger partial charge in [0.1, 0.15) is 0 Å². The van der Waals surface area contributed by atoms with Crippen LogP contribution in [0, 0.1) is 11.8 Å². The Kier molecular flexibility index (Phi) is 3.70. The fourth-order valence-corrected chi connectivity index (χ4v) is 6.36. The smallest absolute Gasteiger partial charge is 0.183 e. The fraction of sp³-hybridized carbons (Fsp3) is 0.619. The number of hydrogen-bond donors (Lipinski definition) is 1. The lowest BCUT2D eigenvalue weighted by molar-refractivity contribution is 0.0272. The molecular weight excluding hydrogens is 342 g/mol. The van der Waals surface area contributed by atoms with Gasteiger partial charge < -0.3 is 5.32 Å². The lowest BCUT2D eigenvalue weighted by Crippen LogP contribution is -2.61. The van der Waals surface area contributed by atoms with Gasteiger partial charge in [-0.15, -0.1) is 0 Å². The van der Waals surface area contributed by atoms with E-state index in [0.717, 1.165) is 48.2 Å². The van der Waals surface area contributed by atoms with E-state index in [9.17, 15) is 4.79 Å². The number of fused-ring (bicyclic) bond motifs is 6. The van der Waals surface area contributed by atoms with Gasteiger partial charge in [0.05, 0.1) is 16.3 Å². The number of hydrogen-bond acceptors (Lipinski definition) is 5. The quantitative estimate of drug-likeness (QED) is 0.873. The molecule has 5 heteroatoms. The number of rotatable bonds is 4. The molecule has 26 heavy (non-hydrogen) atoms. The van der Waals surface area contributed by atoms with Crippen molar-refractivity contribution >= 4 is 32.5 Å². The summed E-state index contributed by atoms with van der Waals surface area (Å²) in [5, 5.41) is 4.31. The third-order valence-corrected chi connectivity index (χ3v) is 8.02. The Morgan fingerprint density at radius 3 is 2.92 bits per heavy atom. The van der Waals surface area contributed by atoms with Crippen LogP contribution in [0.2, 0.25) is 0 Å². The lowest BCUT2D eigenvalue weighted by atomic mass is 9.58. The van der Waals surface area contributed by atoms with Crippen LogP contribution in [0.3, 0.4) is 0 Å². The molecule has 2 heterocycles. The third-order valence-electron chi connectivity index (χ3n) is 6.97. The van der Waals surface area contributed by atoms with Crippen LogP contribution in [0.1, 0.15) is 56.0 Å². The van der Waals surface area contributed by atoms with Crippen LogP contribution >= 0.6 is 11.3 Å². The highest BCUT2D eigenvalue weighted by molar-refractivity contribution is 7.22. The van der Waals surface area contributed by atoms with Gasteiger partial charge in [-0.05, 0) is 62.3 Å². The summed E-state index contributed by atoms with van der Waals surface area (Å²) in [4.78, 5) is 20.7. The highest BCUT2D eigenvalue weighted by atomic mass is 32.1. The Bertz CT molecular complexity index is 887. The number of thiazole rings is 1. The first-order valence-electron chi connectivity index (χ1n) is 9.99. The number of likely N-dealkylation sites (tertiary alicyclic amines) is 1. The van der Waals surface area contributed by atoms with E-state index in [1.165, 1.54) is 23.1 Å². The number of nitrogens with one attached hydrogen (secondary N) is 1. The Morgan fingerprint density at radius 2 is 2.19 bits per heavy atom. The molecule has 3 atom stereocenters. The highest BCUT2D eigenvalue weighted by Gasteiger charge is 2.53. The Hall–Kier alpha value is -1.46. The van der Waals surface area contributed by atoms with Crippen LogP contribution in [-0.2, 0) is 5.41 Å². The van der Waals surface area contributed by atoms with E-state index in [4.69, 9.17) is 4.98 Å². The van der Waals surface area contributed by atoms with E-state index < -0.39 is 0 Å². The van der Waals surface area contributed by atoms with Crippen LogP contribution in [0.25, 0.3) is 10.2 Å². The second kappa shape index (κ2) is 5.77. The molecule has 0 spiro atoms. The second-order valence-electron chi connectivity index (χ2n) is 8.59. The van der Waals surface area contributed by atoms with Crippen molar-refractivity contribution in [3.05, 3.63) is 23.3 Å². The van der Waals surface area contributed by atoms with Gasteiger partial charge in [-0.25, -0.2) is 4.98 Å². The standard InChI is InChI=1S/C21H27N3OS/c1-4-22-20-23-15-8-7-14-16(19(15)26-20)21(3)9-10-24(11-13-5-6-13)17(12(21)2)18(14)25/h7-8,12-13,17H,4-6,9-11H2,1-3H3,(H,22,23)/t12-,17-,21+/m0/s1. The summed E-state index contributed by atoms with van der Waals surface area (Å²) in [5.74, 6) is 1.52. The van der Waals surface area contributed by atoms with Gasteiger partial charge >= 0.3 is 0 Å². The van der Waals surface area contributed by atoms with E-state index in [0.29, 0.717) is 11.7 Å². The fourth-order valence-electron chi connectivity index (χ4n) is 5.14. The second-order valence-corrected chi connectivity index (χ2v) is 9.59. The van der Waals surface area contributed by atoms with Crippen molar-refractivity contribution in [1.29, 1.82) is 0 Å². The Morgan fingerprint density at radius 1 is 1.38 bits per heavy atom. The highest BCUT2D eigenvalue weighted by Crippen LogP contribution is 2.52. The van der Waals surface area contributed by atoms with Gasteiger partial charge in [-0.3, -0.25) is 9.69 Å². The molecule has 2 bridgehead atoms. The number of carbonyl (C=O) groups excluding carboxylic acids is 1.